The van der Waals surface area contributed by atoms with Crippen molar-refractivity contribution in [3.63, 3.8) is 0 Å². The number of nitrogens with zero attached hydrogens (tertiary/aromatic N) is 2. The molecule has 0 radical (unpaired) electrons. The first-order valence-corrected chi connectivity index (χ1v) is 12.6. The Balaban J connectivity index is 1.47. The highest BCUT2D eigenvalue weighted by Crippen LogP contribution is 2.31. The van der Waals surface area contributed by atoms with E-state index in [1.165, 1.54) is 0 Å². The summed E-state index contributed by atoms with van der Waals surface area (Å²) >= 11 is 5.74. The number of ether oxygens (including phenoxy) is 1. The van der Waals surface area contributed by atoms with E-state index >= 15 is 0 Å². The number of amides is 1. The monoisotopic (exact) mass is 627 g/mol. The SMILES string of the molecule is CCOc1c(Br)cc(/C=N/NC(=O)c2ccc(-n3c(C)ccc3-c3ccccc3)cc2)cc1I. The second-order valence-corrected chi connectivity index (χ2v) is 9.57. The van der Waals surface area contributed by atoms with Gasteiger partial charge in [-0.3, -0.25) is 4.79 Å². The molecule has 3 aromatic carbocycles. The van der Waals surface area contributed by atoms with Gasteiger partial charge in [-0.05, 0) is 112 Å². The van der Waals surface area contributed by atoms with Gasteiger partial charge in [0, 0.05) is 16.9 Å². The van der Waals surface area contributed by atoms with E-state index in [1.54, 1.807) is 6.21 Å². The van der Waals surface area contributed by atoms with Gasteiger partial charge in [0.05, 0.1) is 26.6 Å². The number of rotatable bonds is 7. The van der Waals surface area contributed by atoms with Gasteiger partial charge in [-0.1, -0.05) is 30.3 Å². The number of halogens is 2. The van der Waals surface area contributed by atoms with Crippen LogP contribution in [-0.4, -0.2) is 23.3 Å². The number of nitrogens with one attached hydrogen (secondary N) is 1. The molecule has 1 heterocycles. The normalized spacial score (nSPS) is 11.1. The van der Waals surface area contributed by atoms with E-state index in [9.17, 15) is 4.79 Å². The minimum absolute atomic E-state index is 0.269. The minimum Gasteiger partial charge on any atom is -0.492 e. The predicted molar refractivity (Wildman–Crippen MR) is 149 cm³/mol. The third-order valence-electron chi connectivity index (χ3n) is 5.22. The van der Waals surface area contributed by atoms with Crippen LogP contribution in [0.4, 0.5) is 0 Å². The highest BCUT2D eigenvalue weighted by Gasteiger charge is 2.11. The third-order valence-corrected chi connectivity index (χ3v) is 6.61. The molecule has 0 aliphatic rings. The molecule has 4 aromatic rings. The average Bonchev–Trinajstić information content (AvgIpc) is 3.23. The quantitative estimate of drug-likeness (QED) is 0.137. The van der Waals surface area contributed by atoms with Crippen LogP contribution in [0.25, 0.3) is 16.9 Å². The van der Waals surface area contributed by atoms with E-state index in [-0.39, 0.29) is 5.91 Å². The van der Waals surface area contributed by atoms with Crippen molar-refractivity contribution in [1.82, 2.24) is 9.99 Å². The van der Waals surface area contributed by atoms with Crippen LogP contribution in [0.15, 0.2) is 88.4 Å². The molecule has 1 N–H and O–H groups in total. The number of hydrogen-bond acceptors (Lipinski definition) is 3. The fourth-order valence-corrected chi connectivity index (χ4v) is 5.41. The maximum absolute atomic E-state index is 12.6. The van der Waals surface area contributed by atoms with Gasteiger partial charge < -0.3 is 9.30 Å². The number of carbonyl (C=O) groups excluding carboxylic acids is 1. The summed E-state index contributed by atoms with van der Waals surface area (Å²) in [6.07, 6.45) is 1.62. The van der Waals surface area contributed by atoms with E-state index in [1.807, 2.05) is 61.5 Å². The largest absolute Gasteiger partial charge is 0.492 e. The Morgan fingerprint density at radius 3 is 2.50 bits per heavy atom. The number of aryl methyl sites for hydroxylation is 1. The number of carbonyl (C=O) groups is 1. The lowest BCUT2D eigenvalue weighted by atomic mass is 10.1. The molecule has 0 spiro atoms. The van der Waals surface area contributed by atoms with Gasteiger partial charge in [0.15, 0.2) is 0 Å². The van der Waals surface area contributed by atoms with Crippen molar-refractivity contribution in [3.05, 3.63) is 104 Å². The fourth-order valence-electron chi connectivity index (χ4n) is 3.64. The summed E-state index contributed by atoms with van der Waals surface area (Å²) in [5.41, 5.74) is 8.36. The molecule has 0 saturated carbocycles. The summed E-state index contributed by atoms with van der Waals surface area (Å²) in [6.45, 7) is 4.61. The first-order chi connectivity index (χ1) is 16.5. The average molecular weight is 628 g/mol. The number of hydrogen-bond donors (Lipinski definition) is 1. The zero-order valence-corrected chi connectivity index (χ0v) is 22.5. The van der Waals surface area contributed by atoms with Crippen LogP contribution < -0.4 is 10.2 Å². The van der Waals surface area contributed by atoms with Crippen LogP contribution in [-0.2, 0) is 0 Å². The Kier molecular flexibility index (Phi) is 7.84. The molecular formula is C27H23BrIN3O2. The van der Waals surface area contributed by atoms with E-state index in [2.05, 4.69) is 84.8 Å². The van der Waals surface area contributed by atoms with Crippen LogP contribution in [0.2, 0.25) is 0 Å². The molecule has 5 nitrogen and oxygen atoms in total. The van der Waals surface area contributed by atoms with Crippen molar-refractivity contribution < 1.29 is 9.53 Å². The van der Waals surface area contributed by atoms with Gasteiger partial charge in [0.2, 0.25) is 0 Å². The highest BCUT2D eigenvalue weighted by atomic mass is 127. The molecular weight excluding hydrogens is 605 g/mol. The Labute approximate surface area is 221 Å². The van der Waals surface area contributed by atoms with Crippen molar-refractivity contribution in [2.75, 3.05) is 6.61 Å². The smallest absolute Gasteiger partial charge is 0.271 e. The third kappa shape index (κ3) is 5.42. The second kappa shape index (κ2) is 11.0. The van der Waals surface area contributed by atoms with Crippen LogP contribution >= 0.6 is 38.5 Å². The van der Waals surface area contributed by atoms with E-state index in [0.29, 0.717) is 12.2 Å². The molecule has 0 aliphatic heterocycles. The standard InChI is InChI=1S/C27H23BrIN3O2/c1-3-34-26-23(28)15-19(16-24(26)29)17-30-31-27(33)21-10-12-22(13-11-21)32-18(2)9-14-25(32)20-7-5-4-6-8-20/h4-17H,3H2,1-2H3,(H,31,33)/b30-17+. The molecule has 1 aromatic heterocycles. The van der Waals surface area contributed by atoms with Crippen molar-refractivity contribution in [3.8, 4) is 22.7 Å². The number of benzene rings is 3. The molecule has 0 bridgehead atoms. The molecule has 4 rings (SSSR count). The first kappa shape index (κ1) is 24.2. The molecule has 0 aliphatic carbocycles. The molecule has 0 saturated heterocycles. The second-order valence-electron chi connectivity index (χ2n) is 7.55. The lowest BCUT2D eigenvalue weighted by molar-refractivity contribution is 0.0955. The Hall–Kier alpha value is -2.91. The van der Waals surface area contributed by atoms with Gasteiger partial charge in [-0.25, -0.2) is 5.43 Å². The Morgan fingerprint density at radius 2 is 1.82 bits per heavy atom. The Morgan fingerprint density at radius 1 is 1.09 bits per heavy atom. The van der Waals surface area contributed by atoms with Gasteiger partial charge in [-0.15, -0.1) is 0 Å². The summed E-state index contributed by atoms with van der Waals surface area (Å²) in [5.74, 6) is 0.535. The fraction of sp³-hybridized carbons (Fsp3) is 0.111. The Bertz CT molecular complexity index is 1310. The lowest BCUT2D eigenvalue weighted by Gasteiger charge is -2.12. The van der Waals surface area contributed by atoms with Crippen molar-refractivity contribution in [2.45, 2.75) is 13.8 Å². The molecule has 0 unspecified atom stereocenters. The highest BCUT2D eigenvalue weighted by molar-refractivity contribution is 14.1. The topological polar surface area (TPSA) is 55.6 Å². The van der Waals surface area contributed by atoms with Crippen molar-refractivity contribution >= 4 is 50.6 Å². The van der Waals surface area contributed by atoms with Crippen molar-refractivity contribution in [1.29, 1.82) is 0 Å². The summed E-state index contributed by atoms with van der Waals surface area (Å²) in [7, 11) is 0. The van der Waals surface area contributed by atoms with Gasteiger partial charge in [-0.2, -0.15) is 5.10 Å². The molecule has 0 fully saturated rings. The summed E-state index contributed by atoms with van der Waals surface area (Å²) < 4.78 is 9.62. The van der Waals surface area contributed by atoms with E-state index in [0.717, 1.165) is 42.0 Å². The van der Waals surface area contributed by atoms with E-state index in [4.69, 9.17) is 4.74 Å². The lowest BCUT2D eigenvalue weighted by Crippen LogP contribution is -2.17. The molecule has 7 heteroatoms. The van der Waals surface area contributed by atoms with Crippen LogP contribution in [0.3, 0.4) is 0 Å². The van der Waals surface area contributed by atoms with E-state index < -0.39 is 0 Å². The van der Waals surface area contributed by atoms with Crippen LogP contribution in [0.1, 0.15) is 28.5 Å². The summed E-state index contributed by atoms with van der Waals surface area (Å²) in [5, 5.41) is 4.12. The predicted octanol–water partition coefficient (Wildman–Crippen LogP) is 6.98. The van der Waals surface area contributed by atoms with Crippen LogP contribution in [0, 0.1) is 10.5 Å². The zero-order chi connectivity index (χ0) is 24.1. The number of aromatic nitrogens is 1. The maximum atomic E-state index is 12.6. The van der Waals surface area contributed by atoms with Crippen molar-refractivity contribution in [2.24, 2.45) is 5.10 Å². The molecule has 34 heavy (non-hydrogen) atoms. The van der Waals surface area contributed by atoms with Gasteiger partial charge in [0.1, 0.15) is 5.75 Å². The summed E-state index contributed by atoms with van der Waals surface area (Å²) in [4.78, 5) is 12.6. The van der Waals surface area contributed by atoms with Gasteiger partial charge >= 0.3 is 0 Å². The van der Waals surface area contributed by atoms with Crippen LogP contribution in [0.5, 0.6) is 5.75 Å². The number of hydrazone groups is 1. The van der Waals surface area contributed by atoms with Gasteiger partial charge in [0.25, 0.3) is 5.91 Å². The molecule has 172 valence electrons. The molecule has 0 atom stereocenters. The summed E-state index contributed by atoms with van der Waals surface area (Å²) in [6, 6.07) is 25.8. The zero-order valence-electron chi connectivity index (χ0n) is 18.8. The molecule has 1 amide bonds. The first-order valence-electron chi connectivity index (χ1n) is 10.8. The maximum Gasteiger partial charge on any atom is 0.271 e. The minimum atomic E-state index is -0.269.